The average Bonchev–Trinajstić information content (AvgIpc) is 2.73. The van der Waals surface area contributed by atoms with Crippen molar-refractivity contribution in [3.8, 4) is 0 Å². The van der Waals surface area contributed by atoms with Gasteiger partial charge in [-0.05, 0) is 50.3 Å². The number of Topliss-reactive ketones (excluding diaryl/α,β-unsaturated/α-hetero) is 1. The normalized spacial score (nSPS) is 20.1. The minimum atomic E-state index is -0.334. The van der Waals surface area contributed by atoms with Crippen LogP contribution in [-0.2, 0) is 4.79 Å². The first-order valence-corrected chi connectivity index (χ1v) is 11.2. The lowest BCUT2D eigenvalue weighted by atomic mass is 9.94. The smallest absolute Gasteiger partial charge is 0.238 e. The first kappa shape index (κ1) is 21.0. The van der Waals surface area contributed by atoms with E-state index >= 15 is 0 Å². The van der Waals surface area contributed by atoms with Crippen LogP contribution in [0.1, 0.15) is 93.5 Å². The van der Waals surface area contributed by atoms with Gasteiger partial charge >= 0.3 is 0 Å². The van der Waals surface area contributed by atoms with E-state index in [1.165, 1.54) is 31.2 Å². The van der Waals surface area contributed by atoms with Crippen LogP contribution in [0.2, 0.25) is 0 Å². The summed E-state index contributed by atoms with van der Waals surface area (Å²) in [6.45, 7) is 6.14. The summed E-state index contributed by atoms with van der Waals surface area (Å²) in [4.78, 5) is 28.3. The quantitative estimate of drug-likeness (QED) is 0.694. The van der Waals surface area contributed by atoms with Crippen molar-refractivity contribution in [1.29, 1.82) is 0 Å². The molecule has 1 heterocycles. The maximum absolute atomic E-state index is 13.1. The standard InChI is InChI=1S/C24H36N2O2/c1-18(2)19-11-13-20(14-12-19)23(27)17-22(26-15-7-4-8-16-26)24(28)25-21-9-5-3-6-10-21/h11-14,18,21-22H,3-10,15-17H2,1-2H3,(H,25,28). The SMILES string of the molecule is CC(C)c1ccc(C(=O)CC(C(=O)NC2CCCCC2)N2CCCCC2)cc1. The van der Waals surface area contributed by atoms with Gasteiger partial charge in [0, 0.05) is 18.0 Å². The topological polar surface area (TPSA) is 49.4 Å². The van der Waals surface area contributed by atoms with Crippen molar-refractivity contribution in [2.45, 2.75) is 89.6 Å². The second-order valence-electron chi connectivity index (χ2n) is 8.86. The van der Waals surface area contributed by atoms with Crippen LogP contribution in [0.15, 0.2) is 24.3 Å². The molecule has 1 aliphatic heterocycles. The van der Waals surface area contributed by atoms with Crippen LogP contribution < -0.4 is 5.32 Å². The van der Waals surface area contributed by atoms with Crippen LogP contribution in [0, 0.1) is 0 Å². The molecule has 0 aromatic heterocycles. The summed E-state index contributed by atoms with van der Waals surface area (Å²) in [6.07, 6.45) is 9.53. The van der Waals surface area contributed by atoms with Crippen molar-refractivity contribution in [2.24, 2.45) is 0 Å². The zero-order chi connectivity index (χ0) is 19.9. The highest BCUT2D eigenvalue weighted by Crippen LogP contribution is 2.21. The molecule has 2 fully saturated rings. The number of amides is 1. The molecule has 1 aromatic rings. The summed E-state index contributed by atoms with van der Waals surface area (Å²) in [5.74, 6) is 0.581. The van der Waals surface area contributed by atoms with Crippen molar-refractivity contribution in [3.63, 3.8) is 0 Å². The van der Waals surface area contributed by atoms with E-state index in [4.69, 9.17) is 0 Å². The highest BCUT2D eigenvalue weighted by molar-refractivity contribution is 5.99. The number of nitrogens with zero attached hydrogens (tertiary/aromatic N) is 1. The van der Waals surface area contributed by atoms with Crippen molar-refractivity contribution >= 4 is 11.7 Å². The highest BCUT2D eigenvalue weighted by atomic mass is 16.2. The third-order valence-corrected chi connectivity index (χ3v) is 6.36. The Morgan fingerprint density at radius 3 is 2.18 bits per heavy atom. The molecule has 4 heteroatoms. The van der Waals surface area contributed by atoms with E-state index in [-0.39, 0.29) is 30.2 Å². The number of rotatable bonds is 7. The molecule has 28 heavy (non-hydrogen) atoms. The fourth-order valence-corrected chi connectivity index (χ4v) is 4.51. The lowest BCUT2D eigenvalue weighted by Gasteiger charge is -2.35. The van der Waals surface area contributed by atoms with Gasteiger partial charge in [-0.25, -0.2) is 0 Å². The van der Waals surface area contributed by atoms with Crippen LogP contribution in [-0.4, -0.2) is 41.8 Å². The molecule has 1 atom stereocenters. The predicted octanol–water partition coefficient (Wildman–Crippen LogP) is 4.69. The van der Waals surface area contributed by atoms with E-state index in [0.29, 0.717) is 5.92 Å². The van der Waals surface area contributed by atoms with Gasteiger partial charge in [-0.2, -0.15) is 0 Å². The Bertz CT molecular complexity index is 641. The largest absolute Gasteiger partial charge is 0.352 e. The van der Waals surface area contributed by atoms with Gasteiger partial charge in [0.25, 0.3) is 0 Å². The van der Waals surface area contributed by atoms with Gasteiger partial charge in [0.15, 0.2) is 5.78 Å². The van der Waals surface area contributed by atoms with Gasteiger partial charge in [0.1, 0.15) is 0 Å². The third-order valence-electron chi connectivity index (χ3n) is 6.36. The maximum atomic E-state index is 13.1. The van der Waals surface area contributed by atoms with Gasteiger partial charge in [-0.1, -0.05) is 63.8 Å². The third kappa shape index (κ3) is 5.66. The molecule has 1 aromatic carbocycles. The molecule has 1 N–H and O–H groups in total. The molecule has 1 saturated carbocycles. The van der Waals surface area contributed by atoms with E-state index in [1.807, 2.05) is 24.3 Å². The minimum absolute atomic E-state index is 0.0564. The summed E-state index contributed by atoms with van der Waals surface area (Å²) in [5, 5.41) is 3.26. The summed E-state index contributed by atoms with van der Waals surface area (Å²) >= 11 is 0. The van der Waals surface area contributed by atoms with E-state index < -0.39 is 0 Å². The zero-order valence-electron chi connectivity index (χ0n) is 17.6. The van der Waals surface area contributed by atoms with Crippen LogP contribution >= 0.6 is 0 Å². The van der Waals surface area contributed by atoms with E-state index in [0.717, 1.165) is 44.3 Å². The average molecular weight is 385 g/mol. The molecule has 2 aliphatic rings. The Labute approximate surface area is 170 Å². The van der Waals surface area contributed by atoms with Gasteiger partial charge < -0.3 is 5.32 Å². The highest BCUT2D eigenvalue weighted by Gasteiger charge is 2.31. The molecular formula is C24H36N2O2. The Morgan fingerprint density at radius 1 is 0.964 bits per heavy atom. The Kier molecular flexibility index (Phi) is 7.66. The minimum Gasteiger partial charge on any atom is -0.352 e. The fraction of sp³-hybridized carbons (Fsp3) is 0.667. The summed E-state index contributed by atoms with van der Waals surface area (Å²) in [6, 6.07) is 7.87. The van der Waals surface area contributed by atoms with Crippen molar-refractivity contribution in [2.75, 3.05) is 13.1 Å². The summed E-state index contributed by atoms with van der Waals surface area (Å²) in [7, 11) is 0. The maximum Gasteiger partial charge on any atom is 0.238 e. The van der Waals surface area contributed by atoms with E-state index in [2.05, 4.69) is 24.1 Å². The number of carbonyl (C=O) groups is 2. The molecular weight excluding hydrogens is 348 g/mol. The first-order chi connectivity index (χ1) is 13.5. The second-order valence-corrected chi connectivity index (χ2v) is 8.86. The molecule has 0 radical (unpaired) electrons. The molecule has 1 saturated heterocycles. The van der Waals surface area contributed by atoms with E-state index in [9.17, 15) is 9.59 Å². The summed E-state index contributed by atoms with van der Waals surface area (Å²) in [5.41, 5.74) is 1.95. The molecule has 154 valence electrons. The number of likely N-dealkylation sites (tertiary alicyclic amines) is 1. The Hall–Kier alpha value is -1.68. The molecule has 1 aliphatic carbocycles. The van der Waals surface area contributed by atoms with Gasteiger partial charge in [0.2, 0.25) is 5.91 Å². The Morgan fingerprint density at radius 2 is 1.57 bits per heavy atom. The number of hydrogen-bond acceptors (Lipinski definition) is 3. The number of ketones is 1. The monoisotopic (exact) mass is 384 g/mol. The van der Waals surface area contributed by atoms with Crippen molar-refractivity contribution in [3.05, 3.63) is 35.4 Å². The molecule has 3 rings (SSSR count). The lowest BCUT2D eigenvalue weighted by Crippen LogP contribution is -2.52. The van der Waals surface area contributed by atoms with Gasteiger partial charge in [-0.3, -0.25) is 14.5 Å². The van der Waals surface area contributed by atoms with Crippen LogP contribution in [0.3, 0.4) is 0 Å². The number of hydrogen-bond donors (Lipinski definition) is 1. The predicted molar refractivity (Wildman–Crippen MR) is 114 cm³/mol. The van der Waals surface area contributed by atoms with Crippen LogP contribution in [0.4, 0.5) is 0 Å². The van der Waals surface area contributed by atoms with Crippen LogP contribution in [0.5, 0.6) is 0 Å². The van der Waals surface area contributed by atoms with Crippen molar-refractivity contribution in [1.82, 2.24) is 10.2 Å². The van der Waals surface area contributed by atoms with Crippen LogP contribution in [0.25, 0.3) is 0 Å². The lowest BCUT2D eigenvalue weighted by molar-refractivity contribution is -0.127. The molecule has 0 spiro atoms. The van der Waals surface area contributed by atoms with Gasteiger partial charge in [0.05, 0.1) is 6.04 Å². The number of nitrogens with one attached hydrogen (secondary N) is 1. The molecule has 1 amide bonds. The number of carbonyl (C=O) groups excluding carboxylic acids is 2. The first-order valence-electron chi connectivity index (χ1n) is 11.2. The number of piperidine rings is 1. The fourth-order valence-electron chi connectivity index (χ4n) is 4.51. The Balaban J connectivity index is 1.68. The molecule has 0 bridgehead atoms. The zero-order valence-corrected chi connectivity index (χ0v) is 17.6. The summed E-state index contributed by atoms with van der Waals surface area (Å²) < 4.78 is 0. The second kappa shape index (κ2) is 10.2. The molecule has 4 nitrogen and oxygen atoms in total. The molecule has 1 unspecified atom stereocenters. The van der Waals surface area contributed by atoms with E-state index in [1.54, 1.807) is 0 Å². The van der Waals surface area contributed by atoms with Crippen molar-refractivity contribution < 1.29 is 9.59 Å². The van der Waals surface area contributed by atoms with Gasteiger partial charge in [-0.15, -0.1) is 0 Å². The number of benzene rings is 1.